The quantitative estimate of drug-likeness (QED) is 0.556. The molecule has 8 nitrogen and oxygen atoms in total. The van der Waals surface area contributed by atoms with Gasteiger partial charge in [-0.15, -0.1) is 5.10 Å². The van der Waals surface area contributed by atoms with Gasteiger partial charge in [-0.3, -0.25) is 9.30 Å². The van der Waals surface area contributed by atoms with E-state index in [-0.39, 0.29) is 18.9 Å². The van der Waals surface area contributed by atoms with Crippen LogP contribution in [0.2, 0.25) is 0 Å². The van der Waals surface area contributed by atoms with Crippen molar-refractivity contribution in [1.82, 2.24) is 33.9 Å². The Labute approximate surface area is 166 Å². The van der Waals surface area contributed by atoms with Gasteiger partial charge >= 0.3 is 0 Å². The molecule has 0 amide bonds. The van der Waals surface area contributed by atoms with Crippen LogP contribution in [0, 0.1) is 6.92 Å². The fraction of sp³-hybridized carbons (Fsp3) is 0.368. The molecule has 1 aliphatic rings. The lowest BCUT2D eigenvalue weighted by Gasteiger charge is -2.11. The minimum Gasteiger partial charge on any atom is -0.367 e. The zero-order valence-corrected chi connectivity index (χ0v) is 16.3. The van der Waals surface area contributed by atoms with E-state index in [9.17, 15) is 8.78 Å². The van der Waals surface area contributed by atoms with Crippen LogP contribution in [-0.2, 0) is 0 Å². The van der Waals surface area contributed by atoms with E-state index >= 15 is 0 Å². The highest BCUT2D eigenvalue weighted by Crippen LogP contribution is 2.27. The molecule has 0 atom stereocenters. The van der Waals surface area contributed by atoms with Gasteiger partial charge in [-0.25, -0.2) is 28.2 Å². The van der Waals surface area contributed by atoms with Crippen molar-refractivity contribution in [2.24, 2.45) is 0 Å². The van der Waals surface area contributed by atoms with E-state index in [0.29, 0.717) is 12.3 Å². The molecular formula is C19H22F2N8. The largest absolute Gasteiger partial charge is 0.367 e. The maximum Gasteiger partial charge on any atom is 0.261 e. The molecule has 29 heavy (non-hydrogen) atoms. The Balaban J connectivity index is 0.000000192. The highest BCUT2D eigenvalue weighted by molar-refractivity contribution is 5.82. The van der Waals surface area contributed by atoms with Crippen LogP contribution in [0.3, 0.4) is 0 Å². The molecule has 5 rings (SSSR count). The summed E-state index contributed by atoms with van der Waals surface area (Å²) in [5.74, 6) is -1.47. The summed E-state index contributed by atoms with van der Waals surface area (Å²) in [7, 11) is 0. The molecule has 1 saturated heterocycles. The van der Waals surface area contributed by atoms with Crippen LogP contribution in [0.4, 0.5) is 14.7 Å². The molecule has 1 aliphatic heterocycles. The molecule has 152 valence electrons. The van der Waals surface area contributed by atoms with Gasteiger partial charge in [0.2, 0.25) is 11.7 Å². The van der Waals surface area contributed by atoms with Crippen LogP contribution in [0.5, 0.6) is 0 Å². The van der Waals surface area contributed by atoms with E-state index in [1.165, 1.54) is 0 Å². The van der Waals surface area contributed by atoms with Crippen molar-refractivity contribution < 1.29 is 8.78 Å². The number of nitrogens with two attached hydrogens (primary N) is 1. The third-order valence-corrected chi connectivity index (χ3v) is 4.95. The third-order valence-electron chi connectivity index (χ3n) is 4.95. The summed E-state index contributed by atoms with van der Waals surface area (Å²) in [6, 6.07) is 1.98. The second kappa shape index (κ2) is 7.36. The lowest BCUT2D eigenvalue weighted by atomic mass is 10.1. The molecule has 0 aliphatic carbocycles. The number of halogens is 2. The zero-order chi connectivity index (χ0) is 20.6. The molecule has 0 saturated carbocycles. The predicted octanol–water partition coefficient (Wildman–Crippen LogP) is 2.68. The number of aromatic nitrogens is 6. The number of likely N-dealkylation sites (tertiary alicyclic amines) is 1. The Morgan fingerprint density at radius 2 is 2.07 bits per heavy atom. The normalized spacial score (nSPS) is 16.3. The number of fused-ring (bicyclic) bond motifs is 2. The summed E-state index contributed by atoms with van der Waals surface area (Å²) in [6.07, 6.45) is 9.28. The molecule has 0 unspecified atom stereocenters. The Morgan fingerprint density at radius 3 is 2.76 bits per heavy atom. The van der Waals surface area contributed by atoms with Crippen LogP contribution >= 0.6 is 0 Å². The zero-order valence-electron chi connectivity index (χ0n) is 16.3. The van der Waals surface area contributed by atoms with Gasteiger partial charge in [0.1, 0.15) is 0 Å². The van der Waals surface area contributed by atoms with E-state index in [4.69, 9.17) is 5.73 Å². The summed E-state index contributed by atoms with van der Waals surface area (Å²) in [4.78, 5) is 14.4. The number of anilines is 1. The van der Waals surface area contributed by atoms with Gasteiger partial charge in [-0.2, -0.15) is 0 Å². The number of hydrogen-bond donors (Lipinski definition) is 1. The van der Waals surface area contributed by atoms with Crippen LogP contribution in [0.25, 0.3) is 22.4 Å². The molecule has 0 aromatic carbocycles. The lowest BCUT2D eigenvalue weighted by molar-refractivity contribution is 0.0127. The van der Waals surface area contributed by atoms with Crippen molar-refractivity contribution in [1.29, 1.82) is 0 Å². The molecule has 4 aromatic rings. The van der Waals surface area contributed by atoms with Gasteiger partial charge in [0.15, 0.2) is 0 Å². The Bertz CT molecular complexity index is 1150. The fourth-order valence-corrected chi connectivity index (χ4v) is 3.49. The first-order valence-corrected chi connectivity index (χ1v) is 9.37. The molecule has 5 heterocycles. The fourth-order valence-electron chi connectivity index (χ4n) is 3.49. The molecule has 0 spiro atoms. The van der Waals surface area contributed by atoms with Gasteiger partial charge in [0, 0.05) is 55.1 Å². The summed E-state index contributed by atoms with van der Waals surface area (Å²) in [6.45, 7) is 5.09. The summed E-state index contributed by atoms with van der Waals surface area (Å²) in [5.41, 5.74) is 9.43. The number of nitrogens with zero attached hydrogens (tertiary/aromatic N) is 7. The number of imidazole rings is 1. The second-order valence-corrected chi connectivity index (χ2v) is 7.03. The molecule has 1 fully saturated rings. The monoisotopic (exact) mass is 400 g/mol. The molecule has 0 bridgehead atoms. The van der Waals surface area contributed by atoms with Gasteiger partial charge in [-0.05, 0) is 19.5 Å². The topological polar surface area (TPSA) is 89.6 Å². The highest BCUT2D eigenvalue weighted by Gasteiger charge is 2.37. The maximum atomic E-state index is 12.3. The minimum absolute atomic E-state index is 0.0382. The van der Waals surface area contributed by atoms with Crippen molar-refractivity contribution in [3.63, 3.8) is 0 Å². The average Bonchev–Trinajstić information content (AvgIpc) is 3.38. The van der Waals surface area contributed by atoms with E-state index in [1.807, 2.05) is 42.9 Å². The molecular weight excluding hydrogens is 378 g/mol. The van der Waals surface area contributed by atoms with E-state index in [2.05, 4.69) is 20.1 Å². The third kappa shape index (κ3) is 3.88. The van der Waals surface area contributed by atoms with Crippen LogP contribution in [0.1, 0.15) is 19.0 Å². The first kappa shape index (κ1) is 19.2. The number of hydrogen-bond acceptors (Lipinski definition) is 6. The Hall–Kier alpha value is -3.14. The van der Waals surface area contributed by atoms with Crippen molar-refractivity contribution in [3.8, 4) is 11.1 Å². The van der Waals surface area contributed by atoms with Crippen molar-refractivity contribution in [3.05, 3.63) is 42.7 Å². The number of rotatable bonds is 2. The number of aryl methyl sites for hydroxylation is 1. The van der Waals surface area contributed by atoms with Crippen molar-refractivity contribution in [2.45, 2.75) is 26.2 Å². The van der Waals surface area contributed by atoms with Gasteiger partial charge in [-0.1, -0.05) is 6.92 Å². The number of nitrogen functional groups attached to an aromatic ring is 1. The summed E-state index contributed by atoms with van der Waals surface area (Å²) in [5, 5.41) is 4.18. The lowest BCUT2D eigenvalue weighted by Crippen LogP contribution is -2.24. The first-order chi connectivity index (χ1) is 13.9. The Morgan fingerprint density at radius 1 is 1.24 bits per heavy atom. The SMILES string of the molecule is CCN1CCC(F)(F)C1.Cc1nc(N)nn2ccc(-c3cnc4nccn4c3)c12. The van der Waals surface area contributed by atoms with Crippen molar-refractivity contribution in [2.75, 3.05) is 25.4 Å². The highest BCUT2D eigenvalue weighted by atomic mass is 19.3. The second-order valence-electron chi connectivity index (χ2n) is 7.03. The van der Waals surface area contributed by atoms with Crippen molar-refractivity contribution >= 4 is 17.2 Å². The molecule has 2 N–H and O–H groups in total. The maximum absolute atomic E-state index is 12.3. The van der Waals surface area contributed by atoms with E-state index in [1.54, 1.807) is 21.8 Å². The summed E-state index contributed by atoms with van der Waals surface area (Å²) < 4.78 is 28.3. The standard InChI is InChI=1S/C13H11N7.C6H11F2N/c1-8-11-10(2-4-20(11)18-12(14)17-8)9-6-16-13-15-3-5-19(13)7-9;1-2-9-4-3-6(7,8)5-9/h2-7H,1H3,(H2,14,18);2-5H2,1H3. The minimum atomic E-state index is -2.41. The van der Waals surface area contributed by atoms with Gasteiger partial charge in [0.25, 0.3) is 5.92 Å². The van der Waals surface area contributed by atoms with E-state index in [0.717, 1.165) is 28.9 Å². The van der Waals surface area contributed by atoms with Gasteiger partial charge in [0.05, 0.1) is 17.8 Å². The average molecular weight is 400 g/mol. The first-order valence-electron chi connectivity index (χ1n) is 9.37. The predicted molar refractivity (Wildman–Crippen MR) is 106 cm³/mol. The Kier molecular flexibility index (Phi) is 4.87. The van der Waals surface area contributed by atoms with Gasteiger partial charge < -0.3 is 5.73 Å². The smallest absolute Gasteiger partial charge is 0.261 e. The summed E-state index contributed by atoms with van der Waals surface area (Å²) >= 11 is 0. The van der Waals surface area contributed by atoms with Crippen LogP contribution < -0.4 is 5.73 Å². The molecule has 0 radical (unpaired) electrons. The van der Waals surface area contributed by atoms with Crippen LogP contribution in [-0.4, -0.2) is 59.4 Å². The molecule has 10 heteroatoms. The van der Waals surface area contributed by atoms with E-state index < -0.39 is 5.92 Å². The van der Waals surface area contributed by atoms with Crippen LogP contribution in [0.15, 0.2) is 37.1 Å². The number of alkyl halides is 2. The molecule has 4 aromatic heterocycles.